The summed E-state index contributed by atoms with van der Waals surface area (Å²) in [7, 11) is 0. The molecule has 0 amide bonds. The molecule has 0 spiro atoms. The number of anilines is 1. The minimum atomic E-state index is 0.372. The van der Waals surface area contributed by atoms with Gasteiger partial charge in [0.15, 0.2) is 4.67 Å². The zero-order valence-corrected chi connectivity index (χ0v) is 12.7. The van der Waals surface area contributed by atoms with Crippen molar-refractivity contribution < 1.29 is 4.42 Å². The second-order valence-electron chi connectivity index (χ2n) is 4.64. The van der Waals surface area contributed by atoms with Crippen molar-refractivity contribution >= 4 is 21.6 Å². The third-order valence-electron chi connectivity index (χ3n) is 2.88. The minimum Gasteiger partial charge on any atom is -0.452 e. The van der Waals surface area contributed by atoms with Crippen LogP contribution in [0, 0.1) is 13.8 Å². The zero-order valence-electron chi connectivity index (χ0n) is 11.1. The molecule has 2 aromatic heterocycles. The smallest absolute Gasteiger partial charge is 0.169 e. The van der Waals surface area contributed by atoms with Crippen molar-refractivity contribution in [1.29, 1.82) is 0 Å². The first kappa shape index (κ1) is 13.2. The molecular weight excluding hydrogens is 294 g/mol. The van der Waals surface area contributed by atoms with Crippen LogP contribution in [0.3, 0.4) is 0 Å². The van der Waals surface area contributed by atoms with Gasteiger partial charge in [-0.2, -0.15) is 5.10 Å². The highest BCUT2D eigenvalue weighted by Crippen LogP contribution is 2.23. The van der Waals surface area contributed by atoms with E-state index >= 15 is 0 Å². The molecule has 0 aromatic carbocycles. The molecule has 5 heteroatoms. The highest BCUT2D eigenvalue weighted by atomic mass is 79.9. The van der Waals surface area contributed by atoms with Crippen LogP contribution in [-0.2, 0) is 6.54 Å². The summed E-state index contributed by atoms with van der Waals surface area (Å²) < 4.78 is 8.26. The normalized spacial score (nSPS) is 11.2. The summed E-state index contributed by atoms with van der Waals surface area (Å²) in [6, 6.07) is 4.22. The number of nitrogens with zero attached hydrogens (tertiary/aromatic N) is 2. The molecule has 0 aliphatic rings. The summed E-state index contributed by atoms with van der Waals surface area (Å²) in [5.74, 6) is 0.901. The maximum Gasteiger partial charge on any atom is 0.169 e. The van der Waals surface area contributed by atoms with Gasteiger partial charge in [0.05, 0.1) is 23.6 Å². The Morgan fingerprint density at radius 1 is 1.39 bits per heavy atom. The largest absolute Gasteiger partial charge is 0.452 e. The third-order valence-corrected chi connectivity index (χ3v) is 3.31. The summed E-state index contributed by atoms with van der Waals surface area (Å²) in [6.45, 7) is 9.03. The molecular formula is C13H18BrN3O. The molecule has 4 nitrogen and oxygen atoms in total. The number of hydrogen-bond acceptors (Lipinski definition) is 3. The number of hydrogen-bond donors (Lipinski definition) is 1. The minimum absolute atomic E-state index is 0.372. The Kier molecular flexibility index (Phi) is 3.80. The molecule has 0 aliphatic heterocycles. The van der Waals surface area contributed by atoms with Gasteiger partial charge in [-0.3, -0.25) is 4.68 Å². The fourth-order valence-corrected chi connectivity index (χ4v) is 2.38. The van der Waals surface area contributed by atoms with E-state index in [0.29, 0.717) is 12.6 Å². The van der Waals surface area contributed by atoms with Gasteiger partial charge in [0.25, 0.3) is 0 Å². The number of nitrogens with one attached hydrogen (secondary N) is 1. The Balaban J connectivity index is 2.14. The number of aromatic nitrogens is 2. The molecule has 18 heavy (non-hydrogen) atoms. The van der Waals surface area contributed by atoms with Gasteiger partial charge >= 0.3 is 0 Å². The predicted octanol–water partition coefficient (Wildman–Crippen LogP) is 4.05. The van der Waals surface area contributed by atoms with Gasteiger partial charge in [-0.25, -0.2) is 0 Å². The summed E-state index contributed by atoms with van der Waals surface area (Å²) in [5, 5.41) is 7.93. The van der Waals surface area contributed by atoms with Crippen molar-refractivity contribution in [3.8, 4) is 0 Å². The monoisotopic (exact) mass is 311 g/mol. The number of halogens is 1. The molecule has 0 saturated carbocycles. The van der Waals surface area contributed by atoms with Crippen molar-refractivity contribution in [2.45, 2.75) is 40.3 Å². The van der Waals surface area contributed by atoms with Gasteiger partial charge in [0.2, 0.25) is 0 Å². The first-order chi connectivity index (χ1) is 8.49. The van der Waals surface area contributed by atoms with E-state index in [1.54, 1.807) is 0 Å². The molecule has 1 N–H and O–H groups in total. The Bertz CT molecular complexity index is 542. The van der Waals surface area contributed by atoms with Gasteiger partial charge in [0.1, 0.15) is 5.76 Å². The Hall–Kier alpha value is -1.23. The standard InChI is InChI=1S/C13H18BrN3O/c1-8(2)17-10(4)13(9(3)16-17)15-7-11-5-6-12(14)18-11/h5-6,8,15H,7H2,1-4H3. The Labute approximate surface area is 115 Å². The van der Waals surface area contributed by atoms with E-state index < -0.39 is 0 Å². The second-order valence-corrected chi connectivity index (χ2v) is 5.43. The molecule has 0 radical (unpaired) electrons. The van der Waals surface area contributed by atoms with Gasteiger partial charge in [-0.15, -0.1) is 0 Å². The van der Waals surface area contributed by atoms with E-state index in [4.69, 9.17) is 4.42 Å². The van der Waals surface area contributed by atoms with Crippen LogP contribution in [0.25, 0.3) is 0 Å². The molecule has 98 valence electrons. The van der Waals surface area contributed by atoms with E-state index in [-0.39, 0.29) is 0 Å². The SMILES string of the molecule is Cc1nn(C(C)C)c(C)c1NCc1ccc(Br)o1. The van der Waals surface area contributed by atoms with Gasteiger partial charge < -0.3 is 9.73 Å². The average Bonchev–Trinajstić information content (AvgIpc) is 2.82. The molecule has 2 rings (SSSR count). The lowest BCUT2D eigenvalue weighted by Crippen LogP contribution is -2.06. The van der Waals surface area contributed by atoms with E-state index in [1.165, 1.54) is 0 Å². The molecule has 0 saturated heterocycles. The first-order valence-electron chi connectivity index (χ1n) is 6.03. The predicted molar refractivity (Wildman–Crippen MR) is 75.8 cm³/mol. The van der Waals surface area contributed by atoms with Crippen molar-refractivity contribution in [3.05, 3.63) is 34.0 Å². The summed E-state index contributed by atoms with van der Waals surface area (Å²) in [4.78, 5) is 0. The molecule has 0 aliphatic carbocycles. The average molecular weight is 312 g/mol. The van der Waals surface area contributed by atoms with Crippen LogP contribution in [0.4, 0.5) is 5.69 Å². The molecule has 2 heterocycles. The van der Waals surface area contributed by atoms with Crippen LogP contribution in [-0.4, -0.2) is 9.78 Å². The van der Waals surface area contributed by atoms with Crippen LogP contribution in [0.5, 0.6) is 0 Å². The first-order valence-corrected chi connectivity index (χ1v) is 6.82. The summed E-state index contributed by atoms with van der Waals surface area (Å²) >= 11 is 3.30. The van der Waals surface area contributed by atoms with Gasteiger partial charge in [-0.1, -0.05) is 0 Å². The van der Waals surface area contributed by atoms with E-state index in [2.05, 4.69) is 47.1 Å². The van der Waals surface area contributed by atoms with Crippen molar-refractivity contribution in [3.63, 3.8) is 0 Å². The van der Waals surface area contributed by atoms with Crippen LogP contribution < -0.4 is 5.32 Å². The van der Waals surface area contributed by atoms with Gasteiger partial charge in [0, 0.05) is 6.04 Å². The molecule has 0 unspecified atom stereocenters. The highest BCUT2D eigenvalue weighted by Gasteiger charge is 2.13. The molecule has 0 bridgehead atoms. The van der Waals surface area contributed by atoms with Crippen LogP contribution in [0.2, 0.25) is 0 Å². The van der Waals surface area contributed by atoms with Gasteiger partial charge in [-0.05, 0) is 55.8 Å². The quantitative estimate of drug-likeness (QED) is 0.926. The second kappa shape index (κ2) is 5.18. The molecule has 0 fully saturated rings. The third kappa shape index (κ3) is 2.61. The maximum absolute atomic E-state index is 5.47. The number of furan rings is 1. The lowest BCUT2D eigenvalue weighted by molar-refractivity contribution is 0.495. The zero-order chi connectivity index (χ0) is 13.3. The highest BCUT2D eigenvalue weighted by molar-refractivity contribution is 9.10. The van der Waals surface area contributed by atoms with Crippen LogP contribution in [0.15, 0.2) is 21.2 Å². The number of aryl methyl sites for hydroxylation is 1. The summed E-state index contributed by atoms with van der Waals surface area (Å²) in [5.41, 5.74) is 3.27. The molecule has 2 aromatic rings. The van der Waals surface area contributed by atoms with E-state index in [9.17, 15) is 0 Å². The number of rotatable bonds is 4. The molecule has 0 atom stereocenters. The lowest BCUT2D eigenvalue weighted by atomic mass is 10.3. The fraction of sp³-hybridized carbons (Fsp3) is 0.462. The lowest BCUT2D eigenvalue weighted by Gasteiger charge is -2.09. The van der Waals surface area contributed by atoms with E-state index in [0.717, 1.165) is 27.5 Å². The van der Waals surface area contributed by atoms with Crippen LogP contribution in [0.1, 0.15) is 37.0 Å². The van der Waals surface area contributed by atoms with Crippen LogP contribution >= 0.6 is 15.9 Å². The summed E-state index contributed by atoms with van der Waals surface area (Å²) in [6.07, 6.45) is 0. The maximum atomic E-state index is 5.47. The Morgan fingerprint density at radius 2 is 2.11 bits per heavy atom. The van der Waals surface area contributed by atoms with Crippen molar-refractivity contribution in [1.82, 2.24) is 9.78 Å². The fourth-order valence-electron chi connectivity index (χ4n) is 2.04. The van der Waals surface area contributed by atoms with Crippen molar-refractivity contribution in [2.24, 2.45) is 0 Å². The Morgan fingerprint density at radius 3 is 2.61 bits per heavy atom. The van der Waals surface area contributed by atoms with Crippen molar-refractivity contribution in [2.75, 3.05) is 5.32 Å². The van der Waals surface area contributed by atoms with E-state index in [1.807, 2.05) is 23.7 Å². The topological polar surface area (TPSA) is 43.0 Å².